The molecule has 2 aromatic carbocycles. The summed E-state index contributed by atoms with van der Waals surface area (Å²) < 4.78 is 13.4. The third-order valence-corrected chi connectivity index (χ3v) is 3.45. The molecule has 0 radical (unpaired) electrons. The van der Waals surface area contributed by atoms with Crippen molar-refractivity contribution in [1.29, 1.82) is 0 Å². The van der Waals surface area contributed by atoms with Gasteiger partial charge in [-0.05, 0) is 43.3 Å². The molecule has 106 valence electrons. The highest BCUT2D eigenvalue weighted by atomic mass is 19.1. The van der Waals surface area contributed by atoms with E-state index in [1.54, 1.807) is 24.3 Å². The van der Waals surface area contributed by atoms with Crippen molar-refractivity contribution in [2.75, 3.05) is 16.8 Å². The molecule has 0 saturated heterocycles. The van der Waals surface area contributed by atoms with Crippen LogP contribution in [0.2, 0.25) is 0 Å². The number of Topliss-reactive ketones (excluding diaryl/α,β-unsaturated/α-hetero) is 1. The maximum Gasteiger partial charge on any atom is 0.296 e. The maximum absolute atomic E-state index is 13.4. The van der Waals surface area contributed by atoms with E-state index < -0.39 is 11.7 Å². The molecule has 3 rings (SSSR count). The Hall–Kier alpha value is -2.69. The summed E-state index contributed by atoms with van der Waals surface area (Å²) in [6, 6.07) is 11.4. The first-order chi connectivity index (χ1) is 10.1. The van der Waals surface area contributed by atoms with Gasteiger partial charge in [-0.15, -0.1) is 0 Å². The van der Waals surface area contributed by atoms with Crippen molar-refractivity contribution in [2.24, 2.45) is 0 Å². The average Bonchev–Trinajstić information content (AvgIpc) is 2.75. The Labute approximate surface area is 121 Å². The lowest BCUT2D eigenvalue weighted by molar-refractivity contribution is -0.112. The van der Waals surface area contributed by atoms with Crippen molar-refractivity contribution in [3.63, 3.8) is 0 Å². The molecule has 1 N–H and O–H groups in total. The molecule has 0 atom stereocenters. The number of halogens is 1. The molecule has 0 bridgehead atoms. The lowest BCUT2D eigenvalue weighted by Gasteiger charge is -2.23. The van der Waals surface area contributed by atoms with Gasteiger partial charge in [-0.25, -0.2) is 4.39 Å². The minimum atomic E-state index is -0.615. The highest BCUT2D eigenvalue weighted by Crippen LogP contribution is 2.32. The summed E-state index contributed by atoms with van der Waals surface area (Å²) in [6.45, 7) is 2.58. The molecule has 21 heavy (non-hydrogen) atoms. The van der Waals surface area contributed by atoms with Crippen LogP contribution in [0.3, 0.4) is 0 Å². The highest BCUT2D eigenvalue weighted by Gasteiger charge is 2.28. The zero-order chi connectivity index (χ0) is 15.0. The van der Waals surface area contributed by atoms with Crippen molar-refractivity contribution in [2.45, 2.75) is 6.92 Å². The Morgan fingerprint density at radius 2 is 1.86 bits per heavy atom. The molecule has 0 saturated carbocycles. The van der Waals surface area contributed by atoms with Crippen molar-refractivity contribution in [1.82, 2.24) is 0 Å². The lowest BCUT2D eigenvalue weighted by Crippen LogP contribution is -2.16. The Bertz CT molecular complexity index is 743. The molecule has 0 fully saturated rings. The monoisotopic (exact) mass is 284 g/mol. The van der Waals surface area contributed by atoms with E-state index in [-0.39, 0.29) is 5.82 Å². The summed E-state index contributed by atoms with van der Waals surface area (Å²) in [4.78, 5) is 24.9. The van der Waals surface area contributed by atoms with Gasteiger partial charge in [-0.1, -0.05) is 6.07 Å². The molecule has 4 nitrogen and oxygen atoms in total. The van der Waals surface area contributed by atoms with E-state index in [1.807, 2.05) is 17.9 Å². The summed E-state index contributed by atoms with van der Waals surface area (Å²) in [6.07, 6.45) is 0. The molecule has 1 heterocycles. The number of fused-ring (bicyclic) bond motifs is 1. The van der Waals surface area contributed by atoms with E-state index >= 15 is 0 Å². The first-order valence-corrected chi connectivity index (χ1v) is 6.63. The number of ketones is 1. The predicted octanol–water partition coefficient (Wildman–Crippen LogP) is 3.12. The van der Waals surface area contributed by atoms with E-state index in [1.165, 1.54) is 12.1 Å². The fourth-order valence-corrected chi connectivity index (χ4v) is 2.46. The quantitative estimate of drug-likeness (QED) is 0.881. The second-order valence-corrected chi connectivity index (χ2v) is 4.74. The number of nitrogens with one attached hydrogen (secondary N) is 1. The zero-order valence-corrected chi connectivity index (χ0v) is 11.4. The van der Waals surface area contributed by atoms with Gasteiger partial charge in [0.25, 0.3) is 11.7 Å². The SMILES string of the molecule is CCN(c1cccc(F)c1)c1ccc2c(c1)NC(=O)C2=O. The van der Waals surface area contributed by atoms with Crippen LogP contribution in [-0.4, -0.2) is 18.2 Å². The van der Waals surface area contributed by atoms with Gasteiger partial charge < -0.3 is 10.2 Å². The summed E-state index contributed by atoms with van der Waals surface area (Å²) in [5.74, 6) is -1.45. The number of anilines is 3. The predicted molar refractivity (Wildman–Crippen MR) is 78.5 cm³/mol. The van der Waals surface area contributed by atoms with Gasteiger partial charge in [0.15, 0.2) is 0 Å². The van der Waals surface area contributed by atoms with Crippen LogP contribution < -0.4 is 10.2 Å². The van der Waals surface area contributed by atoms with Crippen molar-refractivity contribution >= 4 is 28.8 Å². The van der Waals surface area contributed by atoms with Crippen LogP contribution in [-0.2, 0) is 4.79 Å². The summed E-state index contributed by atoms with van der Waals surface area (Å²) >= 11 is 0. The normalized spacial score (nSPS) is 13.0. The van der Waals surface area contributed by atoms with Crippen LogP contribution in [0.4, 0.5) is 21.5 Å². The average molecular weight is 284 g/mol. The number of hydrogen-bond acceptors (Lipinski definition) is 3. The van der Waals surface area contributed by atoms with E-state index in [2.05, 4.69) is 5.32 Å². The van der Waals surface area contributed by atoms with Gasteiger partial charge in [0.05, 0.1) is 11.3 Å². The molecular formula is C16H13FN2O2. The number of carbonyl (C=O) groups excluding carboxylic acids is 2. The van der Waals surface area contributed by atoms with Gasteiger partial charge in [0, 0.05) is 17.9 Å². The summed E-state index contributed by atoms with van der Waals surface area (Å²) in [7, 11) is 0. The standard InChI is InChI=1S/C16H13FN2O2/c1-2-19(11-5-3-4-10(17)8-11)12-6-7-13-14(9-12)18-16(21)15(13)20/h3-9H,2H2,1H3,(H,18,20,21). The second-order valence-electron chi connectivity index (χ2n) is 4.74. The van der Waals surface area contributed by atoms with Crippen LogP contribution in [0, 0.1) is 5.82 Å². The molecule has 0 spiro atoms. The maximum atomic E-state index is 13.4. The first kappa shape index (κ1) is 13.3. The van der Waals surface area contributed by atoms with Crippen molar-refractivity contribution in [3.05, 3.63) is 53.8 Å². The molecule has 1 aliphatic rings. The van der Waals surface area contributed by atoms with Crippen LogP contribution in [0.15, 0.2) is 42.5 Å². The molecular weight excluding hydrogens is 271 g/mol. The number of nitrogens with zero attached hydrogens (tertiary/aromatic N) is 1. The van der Waals surface area contributed by atoms with Gasteiger partial charge in [0.2, 0.25) is 0 Å². The third-order valence-electron chi connectivity index (χ3n) is 3.45. The molecule has 0 unspecified atom stereocenters. The Balaban J connectivity index is 2.02. The van der Waals surface area contributed by atoms with E-state index in [4.69, 9.17) is 0 Å². The number of benzene rings is 2. The van der Waals surface area contributed by atoms with Gasteiger partial charge >= 0.3 is 0 Å². The summed E-state index contributed by atoms with van der Waals surface area (Å²) in [5.41, 5.74) is 2.38. The molecule has 0 aliphatic carbocycles. The number of rotatable bonds is 3. The van der Waals surface area contributed by atoms with Crippen LogP contribution in [0.1, 0.15) is 17.3 Å². The minimum absolute atomic E-state index is 0.310. The molecule has 1 aliphatic heterocycles. The van der Waals surface area contributed by atoms with Crippen LogP contribution >= 0.6 is 0 Å². The Kier molecular flexibility index (Phi) is 3.17. The molecule has 1 amide bonds. The van der Waals surface area contributed by atoms with E-state index in [9.17, 15) is 14.0 Å². The third kappa shape index (κ3) is 2.27. The van der Waals surface area contributed by atoms with Gasteiger partial charge in [-0.3, -0.25) is 9.59 Å². The van der Waals surface area contributed by atoms with Crippen molar-refractivity contribution in [3.8, 4) is 0 Å². The lowest BCUT2D eigenvalue weighted by atomic mass is 10.1. The van der Waals surface area contributed by atoms with Gasteiger partial charge in [0.1, 0.15) is 5.82 Å². The zero-order valence-electron chi connectivity index (χ0n) is 11.4. The second kappa shape index (κ2) is 5.01. The first-order valence-electron chi connectivity index (χ1n) is 6.63. The Morgan fingerprint density at radius 1 is 1.10 bits per heavy atom. The number of amides is 1. The van der Waals surface area contributed by atoms with Gasteiger partial charge in [-0.2, -0.15) is 0 Å². The Morgan fingerprint density at radius 3 is 2.57 bits per heavy atom. The summed E-state index contributed by atoms with van der Waals surface area (Å²) in [5, 5.41) is 2.54. The van der Waals surface area contributed by atoms with Crippen molar-refractivity contribution < 1.29 is 14.0 Å². The molecule has 2 aromatic rings. The highest BCUT2D eigenvalue weighted by molar-refractivity contribution is 6.51. The fourth-order valence-electron chi connectivity index (χ4n) is 2.46. The smallest absolute Gasteiger partial charge is 0.296 e. The van der Waals surface area contributed by atoms with E-state index in [0.717, 1.165) is 5.69 Å². The topological polar surface area (TPSA) is 49.4 Å². The number of carbonyl (C=O) groups is 2. The minimum Gasteiger partial charge on any atom is -0.342 e. The van der Waals surface area contributed by atoms with Crippen LogP contribution in [0.5, 0.6) is 0 Å². The fraction of sp³-hybridized carbons (Fsp3) is 0.125. The van der Waals surface area contributed by atoms with E-state index in [0.29, 0.717) is 23.5 Å². The molecule has 5 heteroatoms. The largest absolute Gasteiger partial charge is 0.342 e. The van der Waals surface area contributed by atoms with Crippen LogP contribution in [0.25, 0.3) is 0 Å². The molecule has 0 aromatic heterocycles. The number of hydrogen-bond donors (Lipinski definition) is 1.